The first kappa shape index (κ1) is 15.9. The summed E-state index contributed by atoms with van der Waals surface area (Å²) in [5.74, 6) is -0.544. The van der Waals surface area contributed by atoms with E-state index in [4.69, 9.17) is 18.0 Å². The molecule has 0 bridgehead atoms. The van der Waals surface area contributed by atoms with Crippen LogP contribution in [-0.4, -0.2) is 53.9 Å². The third kappa shape index (κ3) is 4.25. The van der Waals surface area contributed by atoms with Gasteiger partial charge in [0.2, 0.25) is 5.91 Å². The third-order valence-corrected chi connectivity index (χ3v) is 4.23. The SMILES string of the molecule is CN(CCN1CCCC1)C(=O)C(C(N)=S)c1ccccc1. The predicted molar refractivity (Wildman–Crippen MR) is 89.3 cm³/mol. The number of likely N-dealkylation sites (N-methyl/N-ethyl adjacent to an activating group) is 1. The van der Waals surface area contributed by atoms with E-state index >= 15 is 0 Å². The zero-order valence-corrected chi connectivity index (χ0v) is 13.3. The maximum Gasteiger partial charge on any atom is 0.236 e. The lowest BCUT2D eigenvalue weighted by molar-refractivity contribution is -0.130. The molecule has 1 unspecified atom stereocenters. The van der Waals surface area contributed by atoms with Crippen LogP contribution >= 0.6 is 12.2 Å². The Kier molecular flexibility index (Phi) is 5.70. The standard InChI is InChI=1S/C16H23N3OS/c1-18(11-12-19-9-5-6-10-19)16(20)14(15(17)21)13-7-3-2-4-8-13/h2-4,7-8,14H,5-6,9-12H2,1H3,(H2,17,21). The van der Waals surface area contributed by atoms with Gasteiger partial charge in [0.05, 0.1) is 4.99 Å². The second-order valence-electron chi connectivity index (χ2n) is 5.55. The van der Waals surface area contributed by atoms with Gasteiger partial charge in [-0.25, -0.2) is 0 Å². The Hall–Kier alpha value is -1.46. The van der Waals surface area contributed by atoms with Crippen LogP contribution in [0, 0.1) is 0 Å². The van der Waals surface area contributed by atoms with Crippen LogP contribution in [0.4, 0.5) is 0 Å². The summed E-state index contributed by atoms with van der Waals surface area (Å²) >= 11 is 5.11. The van der Waals surface area contributed by atoms with Gasteiger partial charge in [-0.1, -0.05) is 42.5 Å². The van der Waals surface area contributed by atoms with Crippen LogP contribution in [-0.2, 0) is 4.79 Å². The van der Waals surface area contributed by atoms with E-state index in [9.17, 15) is 4.79 Å². The fraction of sp³-hybridized carbons (Fsp3) is 0.500. The van der Waals surface area contributed by atoms with E-state index in [1.807, 2.05) is 37.4 Å². The summed E-state index contributed by atoms with van der Waals surface area (Å²) in [6.07, 6.45) is 2.52. The van der Waals surface area contributed by atoms with Crippen LogP contribution in [0.3, 0.4) is 0 Å². The largest absolute Gasteiger partial charge is 0.392 e. The van der Waals surface area contributed by atoms with E-state index < -0.39 is 5.92 Å². The Labute approximate surface area is 131 Å². The number of rotatable bonds is 6. The highest BCUT2D eigenvalue weighted by Gasteiger charge is 2.26. The van der Waals surface area contributed by atoms with Gasteiger partial charge in [0, 0.05) is 20.1 Å². The van der Waals surface area contributed by atoms with E-state index in [1.54, 1.807) is 4.90 Å². The number of carbonyl (C=O) groups is 1. The molecule has 0 saturated carbocycles. The molecule has 2 rings (SSSR count). The number of hydrogen-bond acceptors (Lipinski definition) is 3. The van der Waals surface area contributed by atoms with Gasteiger partial charge in [-0.3, -0.25) is 4.79 Å². The van der Waals surface area contributed by atoms with E-state index in [0.717, 1.165) is 25.2 Å². The Morgan fingerprint density at radius 2 is 1.95 bits per heavy atom. The van der Waals surface area contributed by atoms with Gasteiger partial charge in [-0.05, 0) is 31.5 Å². The van der Waals surface area contributed by atoms with Gasteiger partial charge in [0.25, 0.3) is 0 Å². The lowest BCUT2D eigenvalue weighted by Crippen LogP contribution is -2.41. The summed E-state index contributed by atoms with van der Waals surface area (Å²) in [6, 6.07) is 9.52. The molecule has 0 aliphatic carbocycles. The molecule has 1 fully saturated rings. The third-order valence-electron chi connectivity index (χ3n) is 3.99. The van der Waals surface area contributed by atoms with Crippen LogP contribution in [0.25, 0.3) is 0 Å². The topological polar surface area (TPSA) is 49.6 Å². The average molecular weight is 305 g/mol. The molecule has 0 aromatic heterocycles. The second kappa shape index (κ2) is 7.52. The highest BCUT2D eigenvalue weighted by molar-refractivity contribution is 7.80. The Bertz CT molecular complexity index is 486. The molecule has 1 saturated heterocycles. The summed E-state index contributed by atoms with van der Waals surface area (Å²) in [4.78, 5) is 17.0. The van der Waals surface area contributed by atoms with Gasteiger partial charge in [-0.2, -0.15) is 0 Å². The molecule has 1 amide bonds. The van der Waals surface area contributed by atoms with Gasteiger partial charge in [0.15, 0.2) is 0 Å². The minimum Gasteiger partial charge on any atom is -0.392 e. The number of amides is 1. The van der Waals surface area contributed by atoms with Crippen LogP contribution < -0.4 is 5.73 Å². The van der Waals surface area contributed by atoms with E-state index in [2.05, 4.69) is 4.90 Å². The number of nitrogens with zero attached hydrogens (tertiary/aromatic N) is 2. The minimum absolute atomic E-state index is 0.0205. The van der Waals surface area contributed by atoms with Crippen LogP contribution in [0.2, 0.25) is 0 Å². The molecule has 2 N–H and O–H groups in total. The van der Waals surface area contributed by atoms with E-state index in [1.165, 1.54) is 12.8 Å². The van der Waals surface area contributed by atoms with Crippen molar-refractivity contribution in [2.75, 3.05) is 33.2 Å². The maximum absolute atomic E-state index is 12.6. The fourth-order valence-corrected chi connectivity index (χ4v) is 2.94. The molecule has 1 aliphatic rings. The van der Waals surface area contributed by atoms with Crippen molar-refractivity contribution in [3.8, 4) is 0 Å². The molecule has 4 nitrogen and oxygen atoms in total. The lowest BCUT2D eigenvalue weighted by atomic mass is 9.97. The highest BCUT2D eigenvalue weighted by atomic mass is 32.1. The average Bonchev–Trinajstić information content (AvgIpc) is 2.99. The normalized spacial score (nSPS) is 16.6. The van der Waals surface area contributed by atoms with Crippen molar-refractivity contribution >= 4 is 23.1 Å². The van der Waals surface area contributed by atoms with Crippen molar-refractivity contribution in [2.45, 2.75) is 18.8 Å². The number of benzene rings is 1. The molecule has 114 valence electrons. The zero-order chi connectivity index (χ0) is 15.2. The van der Waals surface area contributed by atoms with Crippen molar-refractivity contribution in [1.29, 1.82) is 0 Å². The smallest absolute Gasteiger partial charge is 0.236 e. The van der Waals surface area contributed by atoms with Crippen molar-refractivity contribution in [2.24, 2.45) is 5.73 Å². The maximum atomic E-state index is 12.6. The molecule has 1 aliphatic heterocycles. The first-order valence-corrected chi connectivity index (χ1v) is 7.82. The van der Waals surface area contributed by atoms with Crippen molar-refractivity contribution in [3.63, 3.8) is 0 Å². The number of hydrogen-bond donors (Lipinski definition) is 1. The molecule has 0 radical (unpaired) electrons. The number of likely N-dealkylation sites (tertiary alicyclic amines) is 1. The monoisotopic (exact) mass is 305 g/mol. The predicted octanol–water partition coefficient (Wildman–Crippen LogP) is 1.61. The first-order valence-electron chi connectivity index (χ1n) is 7.41. The summed E-state index contributed by atoms with van der Waals surface area (Å²) in [7, 11) is 1.83. The molecular weight excluding hydrogens is 282 g/mol. The molecule has 5 heteroatoms. The van der Waals surface area contributed by atoms with Gasteiger partial charge in [0.1, 0.15) is 5.92 Å². The van der Waals surface area contributed by atoms with E-state index in [-0.39, 0.29) is 10.9 Å². The second-order valence-corrected chi connectivity index (χ2v) is 6.03. The van der Waals surface area contributed by atoms with Crippen LogP contribution in [0.1, 0.15) is 24.3 Å². The fourth-order valence-electron chi connectivity index (χ4n) is 2.70. The quantitative estimate of drug-likeness (QED) is 0.811. The van der Waals surface area contributed by atoms with Gasteiger partial charge in [-0.15, -0.1) is 0 Å². The van der Waals surface area contributed by atoms with Gasteiger partial charge < -0.3 is 15.5 Å². The van der Waals surface area contributed by atoms with Crippen molar-refractivity contribution < 1.29 is 4.79 Å². The molecule has 1 aromatic carbocycles. The highest BCUT2D eigenvalue weighted by Crippen LogP contribution is 2.18. The van der Waals surface area contributed by atoms with Crippen LogP contribution in [0.5, 0.6) is 0 Å². The number of nitrogens with two attached hydrogens (primary N) is 1. The molecule has 1 aromatic rings. The molecule has 0 spiro atoms. The number of thiocarbonyl (C=S) groups is 1. The van der Waals surface area contributed by atoms with Gasteiger partial charge >= 0.3 is 0 Å². The summed E-state index contributed by atoms with van der Waals surface area (Å²) in [5.41, 5.74) is 6.66. The van der Waals surface area contributed by atoms with Crippen LogP contribution in [0.15, 0.2) is 30.3 Å². The zero-order valence-electron chi connectivity index (χ0n) is 12.5. The van der Waals surface area contributed by atoms with E-state index in [0.29, 0.717) is 6.54 Å². The Morgan fingerprint density at radius 3 is 2.52 bits per heavy atom. The summed E-state index contributed by atoms with van der Waals surface area (Å²) in [6.45, 7) is 3.91. The number of carbonyl (C=O) groups excluding carboxylic acids is 1. The molecule has 21 heavy (non-hydrogen) atoms. The summed E-state index contributed by atoms with van der Waals surface area (Å²) in [5, 5.41) is 0. The first-order chi connectivity index (χ1) is 10.1. The minimum atomic E-state index is -0.523. The van der Waals surface area contributed by atoms with Crippen molar-refractivity contribution in [3.05, 3.63) is 35.9 Å². The molecular formula is C16H23N3OS. The molecule has 1 heterocycles. The van der Waals surface area contributed by atoms with Crippen molar-refractivity contribution in [1.82, 2.24) is 9.80 Å². The lowest BCUT2D eigenvalue weighted by Gasteiger charge is -2.25. The summed E-state index contributed by atoms with van der Waals surface area (Å²) < 4.78 is 0. The Morgan fingerprint density at radius 1 is 1.33 bits per heavy atom. The Balaban J connectivity index is 1.99. The molecule has 1 atom stereocenters.